The molecular weight excluding hydrogens is 170 g/mol. The molecule has 0 aliphatic carbocycles. The third-order valence-corrected chi connectivity index (χ3v) is 3.09. The molecule has 0 radical (unpaired) electrons. The van der Waals surface area contributed by atoms with Crippen LogP contribution in [-0.4, -0.2) is 23.0 Å². The van der Waals surface area contributed by atoms with Gasteiger partial charge in [-0.1, -0.05) is 13.8 Å². The number of carboxylic acid groups (broad SMARTS) is 1. The van der Waals surface area contributed by atoms with Gasteiger partial charge >= 0.3 is 5.97 Å². The molecule has 1 aliphatic heterocycles. The summed E-state index contributed by atoms with van der Waals surface area (Å²) in [7, 11) is 0. The Kier molecular flexibility index (Phi) is 2.59. The van der Waals surface area contributed by atoms with Gasteiger partial charge in [-0.05, 0) is 12.8 Å². The summed E-state index contributed by atoms with van der Waals surface area (Å²) in [5.74, 6) is -1.06. The average Bonchev–Trinajstić information content (AvgIpc) is 2.43. The van der Waals surface area contributed by atoms with Crippen molar-refractivity contribution in [2.45, 2.75) is 39.2 Å². The van der Waals surface area contributed by atoms with Gasteiger partial charge in [-0.3, -0.25) is 4.79 Å². The molecule has 74 valence electrons. The highest BCUT2D eigenvalue weighted by atomic mass is 16.4. The van der Waals surface area contributed by atoms with Gasteiger partial charge in [0.1, 0.15) is 6.04 Å². The molecule has 0 aromatic carbocycles. The number of nitrogens with one attached hydrogen (secondary N) is 1. The summed E-state index contributed by atoms with van der Waals surface area (Å²) in [5.41, 5.74) is -0.372. The number of aliphatic carboxylic acids is 1. The third kappa shape index (κ3) is 1.53. The molecule has 2 N–H and O–H groups in total. The van der Waals surface area contributed by atoms with Crippen LogP contribution in [0.5, 0.6) is 0 Å². The van der Waals surface area contributed by atoms with Crippen molar-refractivity contribution in [3.05, 3.63) is 0 Å². The van der Waals surface area contributed by atoms with Crippen LogP contribution in [-0.2, 0) is 9.59 Å². The highest BCUT2D eigenvalue weighted by Crippen LogP contribution is 2.38. The predicted molar refractivity (Wildman–Crippen MR) is 47.2 cm³/mol. The van der Waals surface area contributed by atoms with Crippen molar-refractivity contribution in [1.82, 2.24) is 5.32 Å². The minimum absolute atomic E-state index is 0.142. The second-order valence-corrected chi connectivity index (χ2v) is 3.59. The van der Waals surface area contributed by atoms with Crippen molar-refractivity contribution >= 4 is 11.9 Å². The Labute approximate surface area is 77.3 Å². The normalized spacial score (nSPS) is 25.7. The fourth-order valence-electron chi connectivity index (χ4n) is 2.02. The summed E-state index contributed by atoms with van der Waals surface area (Å²) in [6, 6.07) is -0.699. The first kappa shape index (κ1) is 10.0. The summed E-state index contributed by atoms with van der Waals surface area (Å²) < 4.78 is 0. The van der Waals surface area contributed by atoms with E-state index in [0.29, 0.717) is 6.42 Å². The van der Waals surface area contributed by atoms with E-state index in [1.54, 1.807) is 0 Å². The Morgan fingerprint density at radius 2 is 2.15 bits per heavy atom. The van der Waals surface area contributed by atoms with Crippen molar-refractivity contribution in [3.8, 4) is 0 Å². The standard InChI is InChI=1S/C9H15NO3/c1-3-9(4-2)5-6(11)10-7(9)8(12)13/h7H,3-5H2,1-2H3,(H,10,11)(H,12,13). The third-order valence-electron chi connectivity index (χ3n) is 3.09. The number of hydrogen-bond acceptors (Lipinski definition) is 2. The number of carbonyl (C=O) groups excluding carboxylic acids is 1. The van der Waals surface area contributed by atoms with Gasteiger partial charge in [-0.25, -0.2) is 4.79 Å². The Balaban J connectivity index is 2.92. The molecule has 13 heavy (non-hydrogen) atoms. The minimum Gasteiger partial charge on any atom is -0.480 e. The van der Waals surface area contributed by atoms with Gasteiger partial charge in [0.15, 0.2) is 0 Å². The maximum absolute atomic E-state index is 11.1. The quantitative estimate of drug-likeness (QED) is 0.682. The van der Waals surface area contributed by atoms with E-state index in [1.165, 1.54) is 0 Å². The molecule has 1 rings (SSSR count). The van der Waals surface area contributed by atoms with Gasteiger partial charge in [0.2, 0.25) is 5.91 Å². The zero-order chi connectivity index (χ0) is 10.1. The fraction of sp³-hybridized carbons (Fsp3) is 0.778. The number of carboxylic acids is 1. The van der Waals surface area contributed by atoms with Crippen molar-refractivity contribution < 1.29 is 14.7 Å². The molecule has 0 saturated carbocycles. The summed E-state index contributed by atoms with van der Waals surface area (Å²) in [5, 5.41) is 11.4. The molecule has 1 aliphatic rings. The van der Waals surface area contributed by atoms with Gasteiger partial charge in [-0.2, -0.15) is 0 Å². The van der Waals surface area contributed by atoms with Gasteiger partial charge in [0, 0.05) is 11.8 Å². The molecule has 1 fully saturated rings. The molecule has 0 aromatic heterocycles. The minimum atomic E-state index is -0.922. The molecule has 1 amide bonds. The summed E-state index contributed by atoms with van der Waals surface area (Å²) in [6.07, 6.45) is 1.79. The van der Waals surface area contributed by atoms with Gasteiger partial charge in [-0.15, -0.1) is 0 Å². The van der Waals surface area contributed by atoms with Crippen LogP contribution >= 0.6 is 0 Å². The van der Waals surface area contributed by atoms with Crippen molar-refractivity contribution in [2.24, 2.45) is 5.41 Å². The first-order valence-electron chi connectivity index (χ1n) is 4.58. The van der Waals surface area contributed by atoms with Crippen molar-refractivity contribution in [2.75, 3.05) is 0 Å². The predicted octanol–water partition coefficient (Wildman–Crippen LogP) is 0.766. The van der Waals surface area contributed by atoms with E-state index in [-0.39, 0.29) is 11.3 Å². The molecule has 0 aromatic rings. The lowest BCUT2D eigenvalue weighted by molar-refractivity contribution is -0.142. The topological polar surface area (TPSA) is 66.4 Å². The first-order valence-corrected chi connectivity index (χ1v) is 4.58. The number of rotatable bonds is 3. The van der Waals surface area contributed by atoms with Crippen LogP contribution in [0.3, 0.4) is 0 Å². The molecular formula is C9H15NO3. The molecule has 1 heterocycles. The van der Waals surface area contributed by atoms with Crippen molar-refractivity contribution in [1.29, 1.82) is 0 Å². The smallest absolute Gasteiger partial charge is 0.326 e. The second kappa shape index (κ2) is 3.36. The fourth-order valence-corrected chi connectivity index (χ4v) is 2.02. The van der Waals surface area contributed by atoms with Gasteiger partial charge in [0.25, 0.3) is 0 Å². The van der Waals surface area contributed by atoms with Crippen molar-refractivity contribution in [3.63, 3.8) is 0 Å². The van der Waals surface area contributed by atoms with E-state index < -0.39 is 12.0 Å². The maximum Gasteiger partial charge on any atom is 0.326 e. The molecule has 1 saturated heterocycles. The zero-order valence-corrected chi connectivity index (χ0v) is 7.96. The SMILES string of the molecule is CCC1(CC)CC(=O)NC1C(=O)O. The summed E-state index contributed by atoms with van der Waals surface area (Å²) >= 11 is 0. The highest BCUT2D eigenvalue weighted by molar-refractivity contribution is 5.89. The van der Waals surface area contributed by atoms with E-state index in [0.717, 1.165) is 12.8 Å². The second-order valence-electron chi connectivity index (χ2n) is 3.59. The maximum atomic E-state index is 11.1. The van der Waals surface area contributed by atoms with Crippen LogP contribution in [0.2, 0.25) is 0 Å². The Morgan fingerprint density at radius 1 is 1.62 bits per heavy atom. The largest absolute Gasteiger partial charge is 0.480 e. The van der Waals surface area contributed by atoms with Crippen LogP contribution < -0.4 is 5.32 Å². The number of amides is 1. The summed E-state index contributed by atoms with van der Waals surface area (Å²) in [4.78, 5) is 22.0. The zero-order valence-electron chi connectivity index (χ0n) is 7.96. The van der Waals surface area contributed by atoms with E-state index in [4.69, 9.17) is 5.11 Å². The van der Waals surface area contributed by atoms with Crippen LogP contribution in [0.1, 0.15) is 33.1 Å². The molecule has 0 spiro atoms. The molecule has 1 atom stereocenters. The lowest BCUT2D eigenvalue weighted by Gasteiger charge is -2.28. The molecule has 1 unspecified atom stereocenters. The van der Waals surface area contributed by atoms with Crippen LogP contribution in [0.15, 0.2) is 0 Å². The first-order chi connectivity index (χ1) is 6.05. The molecule has 4 nitrogen and oxygen atoms in total. The van der Waals surface area contributed by atoms with Crippen LogP contribution in [0, 0.1) is 5.41 Å². The highest BCUT2D eigenvalue weighted by Gasteiger charge is 2.48. The number of carbonyl (C=O) groups is 2. The van der Waals surface area contributed by atoms with Crippen LogP contribution in [0.4, 0.5) is 0 Å². The van der Waals surface area contributed by atoms with Crippen LogP contribution in [0.25, 0.3) is 0 Å². The molecule has 4 heteroatoms. The van der Waals surface area contributed by atoms with E-state index in [9.17, 15) is 9.59 Å². The lowest BCUT2D eigenvalue weighted by atomic mass is 9.75. The monoisotopic (exact) mass is 185 g/mol. The average molecular weight is 185 g/mol. The van der Waals surface area contributed by atoms with Gasteiger partial charge in [0.05, 0.1) is 0 Å². The van der Waals surface area contributed by atoms with E-state index in [1.807, 2.05) is 13.8 Å². The summed E-state index contributed by atoms with van der Waals surface area (Å²) in [6.45, 7) is 3.86. The Morgan fingerprint density at radius 3 is 2.46 bits per heavy atom. The Hall–Kier alpha value is -1.06. The van der Waals surface area contributed by atoms with Gasteiger partial charge < -0.3 is 10.4 Å². The Bertz CT molecular complexity index is 233. The van der Waals surface area contributed by atoms with E-state index >= 15 is 0 Å². The molecule has 0 bridgehead atoms. The number of hydrogen-bond donors (Lipinski definition) is 2. The van der Waals surface area contributed by atoms with E-state index in [2.05, 4.69) is 5.32 Å². The lowest BCUT2D eigenvalue weighted by Crippen LogP contribution is -2.43.